The summed E-state index contributed by atoms with van der Waals surface area (Å²) in [4.78, 5) is 4.53. The quantitative estimate of drug-likeness (QED) is 0.436. The van der Waals surface area contributed by atoms with E-state index in [2.05, 4.69) is 37.9 Å². The summed E-state index contributed by atoms with van der Waals surface area (Å²) in [5.41, 5.74) is 0. The fourth-order valence-corrected chi connectivity index (χ4v) is 2.70. The van der Waals surface area contributed by atoms with Crippen molar-refractivity contribution in [1.29, 1.82) is 0 Å². The van der Waals surface area contributed by atoms with Crippen molar-refractivity contribution < 1.29 is 5.11 Å². The summed E-state index contributed by atoms with van der Waals surface area (Å²) in [5, 5.41) is 9.49. The molecular formula is C16H36N2O. The van der Waals surface area contributed by atoms with Crippen molar-refractivity contribution in [3.8, 4) is 0 Å². The molecule has 0 aromatic carbocycles. The molecule has 19 heavy (non-hydrogen) atoms. The standard InChI is InChI=1S/C16H36N2O/c1-6-7-8-9-10-11-12-13-16(17(3)4)18(5)14-15(2)19/h15-16,19H,6-14H2,1-5H3. The maximum Gasteiger partial charge on any atom is 0.0639 e. The maximum absolute atomic E-state index is 9.49. The minimum atomic E-state index is -0.249. The Balaban J connectivity index is 3.77. The van der Waals surface area contributed by atoms with Crippen LogP contribution in [0.4, 0.5) is 0 Å². The molecule has 0 spiro atoms. The van der Waals surface area contributed by atoms with Crippen molar-refractivity contribution >= 4 is 0 Å². The van der Waals surface area contributed by atoms with Crippen molar-refractivity contribution in [2.24, 2.45) is 0 Å². The third kappa shape index (κ3) is 10.3. The lowest BCUT2D eigenvalue weighted by molar-refractivity contribution is 0.0511. The van der Waals surface area contributed by atoms with Gasteiger partial charge in [-0.15, -0.1) is 0 Å². The van der Waals surface area contributed by atoms with Crippen LogP contribution in [-0.2, 0) is 0 Å². The Kier molecular flexibility index (Phi) is 11.6. The highest BCUT2D eigenvalue weighted by atomic mass is 16.3. The van der Waals surface area contributed by atoms with E-state index in [0.29, 0.717) is 6.17 Å². The van der Waals surface area contributed by atoms with Gasteiger partial charge in [0.2, 0.25) is 0 Å². The summed E-state index contributed by atoms with van der Waals surface area (Å²) in [6.07, 6.45) is 10.9. The molecule has 0 amide bonds. The Bertz CT molecular complexity index is 195. The van der Waals surface area contributed by atoms with E-state index >= 15 is 0 Å². The number of unbranched alkanes of at least 4 members (excludes halogenated alkanes) is 6. The molecule has 0 heterocycles. The van der Waals surface area contributed by atoms with Gasteiger partial charge in [0.05, 0.1) is 12.3 Å². The van der Waals surface area contributed by atoms with E-state index in [9.17, 15) is 5.11 Å². The van der Waals surface area contributed by atoms with Crippen molar-refractivity contribution in [3.05, 3.63) is 0 Å². The fourth-order valence-electron chi connectivity index (χ4n) is 2.70. The van der Waals surface area contributed by atoms with Crippen LogP contribution in [0.15, 0.2) is 0 Å². The predicted octanol–water partition coefficient (Wildman–Crippen LogP) is 3.33. The number of hydrogen-bond donors (Lipinski definition) is 1. The second-order valence-electron chi connectivity index (χ2n) is 6.14. The van der Waals surface area contributed by atoms with Crippen molar-refractivity contribution in [1.82, 2.24) is 9.80 Å². The van der Waals surface area contributed by atoms with E-state index in [0.717, 1.165) is 6.54 Å². The SMILES string of the molecule is CCCCCCCCCC(N(C)C)N(C)CC(C)O. The molecule has 1 N–H and O–H groups in total. The van der Waals surface area contributed by atoms with Gasteiger partial charge in [-0.05, 0) is 34.5 Å². The third-order valence-corrected chi connectivity index (χ3v) is 3.72. The fraction of sp³-hybridized carbons (Fsp3) is 1.00. The summed E-state index contributed by atoms with van der Waals surface area (Å²) >= 11 is 0. The Labute approximate surface area is 121 Å². The van der Waals surface area contributed by atoms with Gasteiger partial charge in [0.25, 0.3) is 0 Å². The molecule has 0 fully saturated rings. The highest BCUT2D eigenvalue weighted by molar-refractivity contribution is 4.68. The molecule has 0 aliphatic rings. The molecule has 0 aliphatic carbocycles. The minimum absolute atomic E-state index is 0.249. The van der Waals surface area contributed by atoms with Crippen LogP contribution in [0.2, 0.25) is 0 Å². The summed E-state index contributed by atoms with van der Waals surface area (Å²) in [5.74, 6) is 0. The lowest BCUT2D eigenvalue weighted by atomic mass is 10.1. The number of likely N-dealkylation sites (N-methyl/N-ethyl adjacent to an activating group) is 1. The van der Waals surface area contributed by atoms with Gasteiger partial charge in [0.1, 0.15) is 0 Å². The van der Waals surface area contributed by atoms with Crippen LogP contribution in [-0.4, -0.2) is 54.9 Å². The first kappa shape index (κ1) is 18.9. The van der Waals surface area contributed by atoms with Gasteiger partial charge in [-0.3, -0.25) is 9.80 Å². The van der Waals surface area contributed by atoms with Crippen LogP contribution in [0.25, 0.3) is 0 Å². The monoisotopic (exact) mass is 272 g/mol. The summed E-state index contributed by atoms with van der Waals surface area (Å²) in [7, 11) is 6.37. The molecule has 3 heteroatoms. The van der Waals surface area contributed by atoms with Crippen molar-refractivity contribution in [2.45, 2.75) is 77.5 Å². The molecule has 0 saturated carbocycles. The number of aliphatic hydroxyl groups excluding tert-OH is 1. The largest absolute Gasteiger partial charge is 0.392 e. The van der Waals surface area contributed by atoms with Crippen LogP contribution >= 0.6 is 0 Å². The molecule has 0 aromatic heterocycles. The Morgan fingerprint density at radius 3 is 1.89 bits per heavy atom. The van der Waals surface area contributed by atoms with Gasteiger partial charge in [-0.25, -0.2) is 0 Å². The molecular weight excluding hydrogens is 236 g/mol. The topological polar surface area (TPSA) is 26.7 Å². The first-order valence-corrected chi connectivity index (χ1v) is 8.03. The molecule has 116 valence electrons. The molecule has 2 atom stereocenters. The Morgan fingerprint density at radius 1 is 0.895 bits per heavy atom. The zero-order valence-corrected chi connectivity index (χ0v) is 13.9. The van der Waals surface area contributed by atoms with E-state index in [-0.39, 0.29) is 6.10 Å². The van der Waals surface area contributed by atoms with E-state index < -0.39 is 0 Å². The molecule has 0 radical (unpaired) electrons. The lowest BCUT2D eigenvalue weighted by Gasteiger charge is -2.34. The normalized spacial score (nSPS) is 15.2. The van der Waals surface area contributed by atoms with Crippen LogP contribution in [0.1, 0.15) is 65.2 Å². The molecule has 0 aromatic rings. The average molecular weight is 272 g/mol. The van der Waals surface area contributed by atoms with E-state index in [1.54, 1.807) is 0 Å². The smallest absolute Gasteiger partial charge is 0.0639 e. The molecule has 0 bridgehead atoms. The van der Waals surface area contributed by atoms with E-state index in [1.807, 2.05) is 6.92 Å². The van der Waals surface area contributed by atoms with Gasteiger partial charge < -0.3 is 5.11 Å². The average Bonchev–Trinajstić information content (AvgIpc) is 2.31. The summed E-state index contributed by atoms with van der Waals surface area (Å²) in [6.45, 7) is 4.87. The van der Waals surface area contributed by atoms with E-state index in [4.69, 9.17) is 0 Å². The maximum atomic E-state index is 9.49. The highest BCUT2D eigenvalue weighted by Crippen LogP contribution is 2.13. The van der Waals surface area contributed by atoms with Crippen LogP contribution in [0.3, 0.4) is 0 Å². The number of nitrogens with zero attached hydrogens (tertiary/aromatic N) is 2. The highest BCUT2D eigenvalue weighted by Gasteiger charge is 2.17. The first-order chi connectivity index (χ1) is 8.99. The van der Waals surface area contributed by atoms with Gasteiger partial charge in [0, 0.05) is 6.54 Å². The second-order valence-corrected chi connectivity index (χ2v) is 6.14. The van der Waals surface area contributed by atoms with Crippen LogP contribution < -0.4 is 0 Å². The molecule has 0 rings (SSSR count). The minimum Gasteiger partial charge on any atom is -0.392 e. The molecule has 3 nitrogen and oxygen atoms in total. The zero-order valence-electron chi connectivity index (χ0n) is 13.9. The molecule has 0 aliphatic heterocycles. The van der Waals surface area contributed by atoms with Gasteiger partial charge in [0.15, 0.2) is 0 Å². The van der Waals surface area contributed by atoms with Crippen molar-refractivity contribution in [3.63, 3.8) is 0 Å². The molecule has 0 saturated heterocycles. The number of hydrogen-bond acceptors (Lipinski definition) is 3. The van der Waals surface area contributed by atoms with Crippen molar-refractivity contribution in [2.75, 3.05) is 27.7 Å². The van der Waals surface area contributed by atoms with Gasteiger partial charge in [-0.1, -0.05) is 51.9 Å². The molecule has 2 unspecified atom stereocenters. The zero-order chi connectivity index (χ0) is 14.7. The predicted molar refractivity (Wildman–Crippen MR) is 84.4 cm³/mol. The van der Waals surface area contributed by atoms with E-state index in [1.165, 1.54) is 51.4 Å². The first-order valence-electron chi connectivity index (χ1n) is 8.03. The van der Waals surface area contributed by atoms with Gasteiger partial charge >= 0.3 is 0 Å². The third-order valence-electron chi connectivity index (χ3n) is 3.72. The van der Waals surface area contributed by atoms with Crippen LogP contribution in [0.5, 0.6) is 0 Å². The lowest BCUT2D eigenvalue weighted by Crippen LogP contribution is -2.45. The van der Waals surface area contributed by atoms with Crippen LogP contribution in [0, 0.1) is 0 Å². The Morgan fingerprint density at radius 2 is 1.42 bits per heavy atom. The summed E-state index contributed by atoms with van der Waals surface area (Å²) < 4.78 is 0. The Hall–Kier alpha value is -0.120. The van der Waals surface area contributed by atoms with Gasteiger partial charge in [-0.2, -0.15) is 0 Å². The summed E-state index contributed by atoms with van der Waals surface area (Å²) in [6, 6.07) is 0. The number of aliphatic hydroxyl groups is 1. The second kappa shape index (κ2) is 11.7. The number of rotatable bonds is 12.